The van der Waals surface area contributed by atoms with E-state index in [0.29, 0.717) is 6.61 Å². The average molecular weight is 261 g/mol. The van der Waals surface area contributed by atoms with Crippen molar-refractivity contribution in [3.63, 3.8) is 0 Å². The Bertz CT molecular complexity index is 285. The van der Waals surface area contributed by atoms with Crippen LogP contribution in [0.25, 0.3) is 0 Å². The van der Waals surface area contributed by atoms with Crippen molar-refractivity contribution in [2.75, 3.05) is 6.61 Å². The minimum atomic E-state index is 0.226. The lowest BCUT2D eigenvalue weighted by atomic mass is 9.67. The Morgan fingerprint density at radius 1 is 1.54 bits per heavy atom. The molecule has 72 valence electrons. The van der Waals surface area contributed by atoms with Crippen molar-refractivity contribution < 1.29 is 5.11 Å². The van der Waals surface area contributed by atoms with Crippen LogP contribution in [0.1, 0.15) is 24.1 Å². The average Bonchev–Trinajstić information content (AvgIpc) is 2.44. The smallest absolute Gasteiger partial charge is 0.0490 e. The van der Waals surface area contributed by atoms with Gasteiger partial charge in [0.15, 0.2) is 0 Å². The number of halogens is 1. The summed E-state index contributed by atoms with van der Waals surface area (Å²) in [5.41, 5.74) is 0.226. The van der Waals surface area contributed by atoms with Gasteiger partial charge in [-0.3, -0.25) is 0 Å². The van der Waals surface area contributed by atoms with Gasteiger partial charge in [0.25, 0.3) is 0 Å². The Morgan fingerprint density at radius 3 is 2.69 bits per heavy atom. The third-order valence-corrected chi connectivity index (χ3v) is 4.62. The van der Waals surface area contributed by atoms with Gasteiger partial charge in [-0.2, -0.15) is 0 Å². The zero-order valence-corrected chi connectivity index (χ0v) is 9.83. The summed E-state index contributed by atoms with van der Waals surface area (Å²) in [6.45, 7) is 0.350. The van der Waals surface area contributed by atoms with E-state index in [-0.39, 0.29) is 5.41 Å². The third-order valence-electron chi connectivity index (χ3n) is 2.92. The molecule has 1 fully saturated rings. The molecule has 0 bridgehead atoms. The largest absolute Gasteiger partial charge is 0.396 e. The minimum absolute atomic E-state index is 0.226. The van der Waals surface area contributed by atoms with Crippen LogP contribution in [0.15, 0.2) is 15.9 Å². The molecule has 1 aliphatic rings. The lowest BCUT2D eigenvalue weighted by Gasteiger charge is -2.40. The Balaban J connectivity index is 2.04. The first-order valence-electron chi connectivity index (χ1n) is 4.58. The molecule has 1 heterocycles. The number of hydrogen-bond acceptors (Lipinski definition) is 2. The maximum absolute atomic E-state index is 9.30. The molecule has 0 atom stereocenters. The molecule has 13 heavy (non-hydrogen) atoms. The fourth-order valence-electron chi connectivity index (χ4n) is 1.88. The molecular formula is C10H13BrOS. The van der Waals surface area contributed by atoms with Gasteiger partial charge in [0.2, 0.25) is 0 Å². The van der Waals surface area contributed by atoms with Gasteiger partial charge in [-0.05, 0) is 46.7 Å². The van der Waals surface area contributed by atoms with Crippen LogP contribution in [0.2, 0.25) is 0 Å². The number of thiophene rings is 1. The van der Waals surface area contributed by atoms with Gasteiger partial charge in [-0.15, -0.1) is 11.3 Å². The predicted molar refractivity (Wildman–Crippen MR) is 59.1 cm³/mol. The lowest BCUT2D eigenvalue weighted by Crippen LogP contribution is -2.35. The van der Waals surface area contributed by atoms with Crippen LogP contribution in [0, 0.1) is 5.41 Å². The van der Waals surface area contributed by atoms with Crippen molar-refractivity contribution in [3.05, 3.63) is 20.8 Å². The summed E-state index contributed by atoms with van der Waals surface area (Å²) in [6, 6.07) is 2.17. The van der Waals surface area contributed by atoms with E-state index in [9.17, 15) is 5.11 Å². The van der Waals surface area contributed by atoms with Gasteiger partial charge in [-0.1, -0.05) is 6.42 Å². The first-order valence-corrected chi connectivity index (χ1v) is 6.25. The molecule has 1 aromatic rings. The van der Waals surface area contributed by atoms with Crippen molar-refractivity contribution >= 4 is 27.3 Å². The van der Waals surface area contributed by atoms with Crippen molar-refractivity contribution in [1.29, 1.82) is 0 Å². The zero-order valence-electron chi connectivity index (χ0n) is 7.42. The highest BCUT2D eigenvalue weighted by Crippen LogP contribution is 2.44. The zero-order chi connectivity index (χ0) is 9.31. The monoisotopic (exact) mass is 260 g/mol. The van der Waals surface area contributed by atoms with Crippen LogP contribution in [0.4, 0.5) is 0 Å². The van der Waals surface area contributed by atoms with Gasteiger partial charge >= 0.3 is 0 Å². The molecule has 1 nitrogen and oxygen atoms in total. The van der Waals surface area contributed by atoms with E-state index in [1.807, 2.05) is 0 Å². The molecule has 1 N–H and O–H groups in total. The SMILES string of the molecule is OCC1(Cc2cc(Br)cs2)CCC1. The molecule has 0 spiro atoms. The highest BCUT2D eigenvalue weighted by atomic mass is 79.9. The topological polar surface area (TPSA) is 20.2 Å². The van der Waals surface area contributed by atoms with E-state index >= 15 is 0 Å². The lowest BCUT2D eigenvalue weighted by molar-refractivity contribution is 0.0458. The summed E-state index contributed by atoms with van der Waals surface area (Å²) in [4.78, 5) is 1.39. The van der Waals surface area contributed by atoms with E-state index in [0.717, 1.165) is 6.42 Å². The van der Waals surface area contributed by atoms with E-state index in [1.54, 1.807) is 11.3 Å². The van der Waals surface area contributed by atoms with Crippen LogP contribution in [-0.2, 0) is 6.42 Å². The third kappa shape index (κ3) is 1.97. The van der Waals surface area contributed by atoms with E-state index < -0.39 is 0 Å². The van der Waals surface area contributed by atoms with Crippen LogP contribution in [0.5, 0.6) is 0 Å². The summed E-state index contributed by atoms with van der Waals surface area (Å²) in [6.07, 6.45) is 4.73. The number of aliphatic hydroxyl groups is 1. The molecule has 0 radical (unpaired) electrons. The highest BCUT2D eigenvalue weighted by molar-refractivity contribution is 9.10. The summed E-state index contributed by atoms with van der Waals surface area (Å²) < 4.78 is 1.17. The molecule has 0 saturated heterocycles. The van der Waals surface area contributed by atoms with Gasteiger partial charge in [-0.25, -0.2) is 0 Å². The molecule has 0 amide bonds. The van der Waals surface area contributed by atoms with Crippen LogP contribution in [0.3, 0.4) is 0 Å². The van der Waals surface area contributed by atoms with Crippen molar-refractivity contribution in [1.82, 2.24) is 0 Å². The maximum atomic E-state index is 9.30. The summed E-state index contributed by atoms with van der Waals surface area (Å²) in [7, 11) is 0. The highest BCUT2D eigenvalue weighted by Gasteiger charge is 2.36. The van der Waals surface area contributed by atoms with Crippen molar-refractivity contribution in [2.45, 2.75) is 25.7 Å². The standard InChI is InChI=1S/C10H13BrOS/c11-8-4-9(13-6-8)5-10(7-12)2-1-3-10/h4,6,12H,1-3,5,7H2. The molecule has 0 aliphatic heterocycles. The Kier molecular flexibility index (Phi) is 2.77. The van der Waals surface area contributed by atoms with Gasteiger partial charge in [0, 0.05) is 21.3 Å². The van der Waals surface area contributed by atoms with Crippen molar-refractivity contribution in [2.24, 2.45) is 5.41 Å². The number of rotatable bonds is 3. The number of aliphatic hydroxyl groups excluding tert-OH is 1. The van der Waals surface area contributed by atoms with Crippen LogP contribution < -0.4 is 0 Å². The second-order valence-corrected chi connectivity index (χ2v) is 5.83. The minimum Gasteiger partial charge on any atom is -0.396 e. The molecule has 3 heteroatoms. The second-order valence-electron chi connectivity index (χ2n) is 3.92. The Morgan fingerprint density at radius 2 is 2.31 bits per heavy atom. The molecule has 0 aromatic carbocycles. The van der Waals surface area contributed by atoms with E-state index in [4.69, 9.17) is 0 Å². The first kappa shape index (κ1) is 9.69. The summed E-state index contributed by atoms with van der Waals surface area (Å²) in [5, 5.41) is 11.4. The summed E-state index contributed by atoms with van der Waals surface area (Å²) >= 11 is 5.23. The van der Waals surface area contributed by atoms with E-state index in [2.05, 4.69) is 27.4 Å². The van der Waals surface area contributed by atoms with Gasteiger partial charge in [0.05, 0.1) is 0 Å². The molecule has 2 rings (SSSR count). The van der Waals surface area contributed by atoms with Gasteiger partial charge in [0.1, 0.15) is 0 Å². The fourth-order valence-corrected chi connectivity index (χ4v) is 3.51. The molecular weight excluding hydrogens is 248 g/mol. The van der Waals surface area contributed by atoms with E-state index in [1.165, 1.54) is 28.6 Å². The predicted octanol–water partition coefficient (Wildman–Crippen LogP) is 3.22. The Hall–Kier alpha value is 0.140. The molecule has 1 saturated carbocycles. The quantitative estimate of drug-likeness (QED) is 0.885. The normalized spacial score (nSPS) is 19.8. The molecule has 0 unspecified atom stereocenters. The maximum Gasteiger partial charge on any atom is 0.0490 e. The van der Waals surface area contributed by atoms with Crippen LogP contribution in [-0.4, -0.2) is 11.7 Å². The van der Waals surface area contributed by atoms with Crippen molar-refractivity contribution in [3.8, 4) is 0 Å². The molecule has 1 aromatic heterocycles. The summed E-state index contributed by atoms with van der Waals surface area (Å²) in [5.74, 6) is 0. The van der Waals surface area contributed by atoms with Crippen LogP contribution >= 0.6 is 27.3 Å². The molecule has 1 aliphatic carbocycles. The van der Waals surface area contributed by atoms with Gasteiger partial charge < -0.3 is 5.11 Å². The first-order chi connectivity index (χ1) is 6.24. The Labute approximate surface area is 90.9 Å². The second kappa shape index (κ2) is 3.71. The fraction of sp³-hybridized carbons (Fsp3) is 0.600. The number of hydrogen-bond donors (Lipinski definition) is 1.